The van der Waals surface area contributed by atoms with Crippen molar-refractivity contribution in [2.75, 3.05) is 0 Å². The minimum Gasteiger partial charge on any atom is -0.383 e. The zero-order valence-electron chi connectivity index (χ0n) is 8.82. The fourth-order valence-corrected chi connectivity index (χ4v) is 2.38. The first kappa shape index (κ1) is 10.4. The molecule has 2 heteroatoms. The van der Waals surface area contributed by atoms with Gasteiger partial charge in [-0.15, -0.1) is 6.58 Å². The van der Waals surface area contributed by atoms with Crippen molar-refractivity contribution in [1.82, 2.24) is 0 Å². The first-order valence-electron chi connectivity index (χ1n) is 5.37. The van der Waals surface area contributed by atoms with Crippen molar-refractivity contribution in [3.05, 3.63) is 48.0 Å². The van der Waals surface area contributed by atoms with Crippen LogP contribution in [0.3, 0.4) is 0 Å². The predicted molar refractivity (Wildman–Crippen MR) is 61.4 cm³/mol. The molecule has 1 aliphatic rings. The zero-order valence-corrected chi connectivity index (χ0v) is 8.82. The molecule has 0 fully saturated rings. The fraction of sp³-hybridized carbons (Fsp3) is 0.385. The first-order chi connectivity index (χ1) is 7.18. The number of aliphatic hydroxyl groups is 1. The molecule has 1 aromatic carbocycles. The maximum atomic E-state index is 10.6. The normalized spacial score (nSPS) is 26.8. The van der Waals surface area contributed by atoms with Gasteiger partial charge in [-0.3, -0.25) is 0 Å². The molecule has 2 atom stereocenters. The monoisotopic (exact) mass is 203 g/mol. The average Bonchev–Trinajstić information content (AvgIpc) is 2.28. The van der Waals surface area contributed by atoms with Crippen molar-refractivity contribution in [2.45, 2.75) is 30.9 Å². The van der Waals surface area contributed by atoms with Gasteiger partial charge in [0.05, 0.1) is 6.04 Å². The van der Waals surface area contributed by atoms with Crippen LogP contribution in [0.5, 0.6) is 0 Å². The molecule has 0 saturated heterocycles. The maximum absolute atomic E-state index is 10.6. The number of fused-ring (bicyclic) bond motifs is 1. The highest BCUT2D eigenvalue weighted by Gasteiger charge is 2.38. The summed E-state index contributed by atoms with van der Waals surface area (Å²) >= 11 is 0. The van der Waals surface area contributed by atoms with Crippen LogP contribution >= 0.6 is 0 Å². The molecule has 2 rings (SSSR count). The van der Waals surface area contributed by atoms with Crippen LogP contribution in [-0.2, 0) is 12.0 Å². The molecule has 0 radical (unpaired) electrons. The summed E-state index contributed by atoms with van der Waals surface area (Å²) in [5.41, 5.74) is 7.20. The van der Waals surface area contributed by atoms with Crippen LogP contribution in [0.1, 0.15) is 24.0 Å². The number of benzene rings is 1. The minimum atomic E-state index is -0.920. The van der Waals surface area contributed by atoms with Crippen LogP contribution in [0, 0.1) is 0 Å². The third-order valence-corrected chi connectivity index (χ3v) is 3.29. The smallest absolute Gasteiger partial charge is 0.108 e. The molecular weight excluding hydrogens is 186 g/mol. The van der Waals surface area contributed by atoms with Gasteiger partial charge in [-0.05, 0) is 30.4 Å². The van der Waals surface area contributed by atoms with E-state index in [1.807, 2.05) is 18.2 Å². The second kappa shape index (κ2) is 3.80. The molecule has 0 aromatic heterocycles. The van der Waals surface area contributed by atoms with Gasteiger partial charge in [-0.1, -0.05) is 30.3 Å². The molecule has 0 bridgehead atoms. The Balaban J connectivity index is 2.49. The standard InChI is InChI=1S/C13H17NO/c1-2-12(14)13(15)9-5-7-10-6-3-4-8-11(10)13/h2-4,6,8,12,15H,1,5,7,9,14H2. The Kier molecular flexibility index (Phi) is 2.63. The van der Waals surface area contributed by atoms with Crippen molar-refractivity contribution in [2.24, 2.45) is 5.73 Å². The quantitative estimate of drug-likeness (QED) is 0.719. The molecule has 15 heavy (non-hydrogen) atoms. The number of aryl methyl sites for hydroxylation is 1. The highest BCUT2D eigenvalue weighted by molar-refractivity contribution is 5.36. The second-order valence-corrected chi connectivity index (χ2v) is 4.20. The van der Waals surface area contributed by atoms with E-state index in [0.717, 1.165) is 24.8 Å². The summed E-state index contributed by atoms with van der Waals surface area (Å²) in [5.74, 6) is 0. The number of rotatable bonds is 2. The Labute approximate surface area is 90.4 Å². The molecule has 0 aliphatic heterocycles. The summed E-state index contributed by atoms with van der Waals surface area (Å²) in [4.78, 5) is 0. The topological polar surface area (TPSA) is 46.2 Å². The van der Waals surface area contributed by atoms with Gasteiger partial charge >= 0.3 is 0 Å². The van der Waals surface area contributed by atoms with E-state index in [-0.39, 0.29) is 6.04 Å². The third-order valence-electron chi connectivity index (χ3n) is 3.29. The van der Waals surface area contributed by atoms with E-state index in [0.29, 0.717) is 0 Å². The SMILES string of the molecule is C=CC(N)C1(O)CCCc2ccccc21. The van der Waals surface area contributed by atoms with Crippen LogP contribution in [0.2, 0.25) is 0 Å². The molecule has 0 amide bonds. The molecule has 3 N–H and O–H groups in total. The average molecular weight is 203 g/mol. The molecule has 80 valence electrons. The minimum absolute atomic E-state index is 0.390. The lowest BCUT2D eigenvalue weighted by atomic mass is 9.75. The van der Waals surface area contributed by atoms with Gasteiger partial charge in [-0.2, -0.15) is 0 Å². The van der Waals surface area contributed by atoms with E-state index in [2.05, 4.69) is 12.6 Å². The van der Waals surface area contributed by atoms with Crippen molar-refractivity contribution < 1.29 is 5.11 Å². The van der Waals surface area contributed by atoms with E-state index in [1.165, 1.54) is 5.56 Å². The van der Waals surface area contributed by atoms with Gasteiger partial charge in [-0.25, -0.2) is 0 Å². The lowest BCUT2D eigenvalue weighted by Crippen LogP contribution is -2.46. The Hall–Kier alpha value is -1.12. The van der Waals surface area contributed by atoms with Gasteiger partial charge < -0.3 is 10.8 Å². The van der Waals surface area contributed by atoms with Crippen LogP contribution < -0.4 is 5.73 Å². The van der Waals surface area contributed by atoms with Crippen molar-refractivity contribution >= 4 is 0 Å². The Morgan fingerprint density at radius 1 is 1.47 bits per heavy atom. The van der Waals surface area contributed by atoms with Gasteiger partial charge in [0.2, 0.25) is 0 Å². The van der Waals surface area contributed by atoms with Crippen LogP contribution in [0.15, 0.2) is 36.9 Å². The molecule has 0 heterocycles. The molecule has 2 unspecified atom stereocenters. The lowest BCUT2D eigenvalue weighted by Gasteiger charge is -2.37. The molecule has 0 saturated carbocycles. The Morgan fingerprint density at radius 2 is 2.20 bits per heavy atom. The maximum Gasteiger partial charge on any atom is 0.108 e. The zero-order chi connectivity index (χ0) is 10.9. The third kappa shape index (κ3) is 1.60. The summed E-state index contributed by atoms with van der Waals surface area (Å²) in [5, 5.41) is 10.6. The number of hydrogen-bond acceptors (Lipinski definition) is 2. The molecule has 1 aromatic rings. The van der Waals surface area contributed by atoms with Crippen LogP contribution in [-0.4, -0.2) is 11.1 Å². The predicted octanol–water partition coefficient (Wildman–Crippen LogP) is 1.72. The Morgan fingerprint density at radius 3 is 2.93 bits per heavy atom. The van der Waals surface area contributed by atoms with Crippen molar-refractivity contribution in [3.63, 3.8) is 0 Å². The highest BCUT2D eigenvalue weighted by atomic mass is 16.3. The Bertz CT molecular complexity index is 375. The molecule has 0 spiro atoms. The van der Waals surface area contributed by atoms with E-state index < -0.39 is 5.60 Å². The van der Waals surface area contributed by atoms with E-state index in [9.17, 15) is 5.11 Å². The van der Waals surface area contributed by atoms with Gasteiger partial charge in [0, 0.05) is 0 Å². The van der Waals surface area contributed by atoms with Gasteiger partial charge in [0.25, 0.3) is 0 Å². The molecule has 1 aliphatic carbocycles. The highest BCUT2D eigenvalue weighted by Crippen LogP contribution is 2.37. The second-order valence-electron chi connectivity index (χ2n) is 4.20. The summed E-state index contributed by atoms with van der Waals surface area (Å²) < 4.78 is 0. The fourth-order valence-electron chi connectivity index (χ4n) is 2.38. The summed E-state index contributed by atoms with van der Waals surface area (Å²) in [7, 11) is 0. The number of hydrogen-bond donors (Lipinski definition) is 2. The van der Waals surface area contributed by atoms with Crippen molar-refractivity contribution in [3.8, 4) is 0 Å². The van der Waals surface area contributed by atoms with Gasteiger partial charge in [0.15, 0.2) is 0 Å². The molecular formula is C13H17NO. The summed E-state index contributed by atoms with van der Waals surface area (Å²) in [6.45, 7) is 3.67. The molecule has 2 nitrogen and oxygen atoms in total. The summed E-state index contributed by atoms with van der Waals surface area (Å²) in [6.07, 6.45) is 4.36. The first-order valence-corrected chi connectivity index (χ1v) is 5.37. The van der Waals surface area contributed by atoms with Crippen LogP contribution in [0.4, 0.5) is 0 Å². The van der Waals surface area contributed by atoms with Crippen molar-refractivity contribution in [1.29, 1.82) is 0 Å². The van der Waals surface area contributed by atoms with E-state index >= 15 is 0 Å². The van der Waals surface area contributed by atoms with E-state index in [1.54, 1.807) is 6.08 Å². The number of nitrogens with two attached hydrogens (primary N) is 1. The largest absolute Gasteiger partial charge is 0.383 e. The van der Waals surface area contributed by atoms with E-state index in [4.69, 9.17) is 5.73 Å². The lowest BCUT2D eigenvalue weighted by molar-refractivity contribution is 0.00659. The van der Waals surface area contributed by atoms with Gasteiger partial charge in [0.1, 0.15) is 5.60 Å². The summed E-state index contributed by atoms with van der Waals surface area (Å²) in [6, 6.07) is 7.60. The van der Waals surface area contributed by atoms with Crippen LogP contribution in [0.25, 0.3) is 0 Å².